The van der Waals surface area contributed by atoms with Crippen molar-refractivity contribution in [2.45, 2.75) is 0 Å². The van der Waals surface area contributed by atoms with Gasteiger partial charge in [0.15, 0.2) is 11.6 Å². The van der Waals surface area contributed by atoms with Gasteiger partial charge in [0.05, 0.1) is 11.0 Å². The first kappa shape index (κ1) is 41.1. The molecule has 0 fully saturated rings. The molecule has 342 valence electrons. The van der Waals surface area contributed by atoms with Gasteiger partial charge in [0, 0.05) is 42.1 Å². The van der Waals surface area contributed by atoms with Gasteiger partial charge in [-0.2, -0.15) is 9.97 Å². The fourth-order valence-corrected chi connectivity index (χ4v) is 13.3. The molecule has 0 aliphatic rings. The third-order valence-corrected chi connectivity index (χ3v) is 16.5. The summed E-state index contributed by atoms with van der Waals surface area (Å²) >= 11 is 1.90. The molecule has 0 unspecified atom stereocenters. The molecule has 0 saturated heterocycles. The molecule has 0 N–H and O–H groups in total. The van der Waals surface area contributed by atoms with Gasteiger partial charge < -0.3 is 0 Å². The largest absolute Gasteiger partial charge is 0.278 e. The zero-order valence-electron chi connectivity index (χ0n) is 39.8. The van der Waals surface area contributed by atoms with Crippen LogP contribution in [0.4, 0.5) is 0 Å². The molecule has 0 aliphatic carbocycles. The molecule has 0 atom stereocenters. The molecule has 13 aromatic carbocycles. The topological polar surface area (TPSA) is 43.6 Å². The smallest absolute Gasteiger partial charge is 0.238 e. The van der Waals surface area contributed by atoms with E-state index in [2.05, 4.69) is 211 Å². The van der Waals surface area contributed by atoms with E-state index in [9.17, 15) is 0 Å². The normalized spacial score (nSPS) is 12.1. The van der Waals surface area contributed by atoms with Crippen LogP contribution in [0, 0.1) is 0 Å². The van der Waals surface area contributed by atoms with Gasteiger partial charge in [-0.1, -0.05) is 206 Å². The van der Waals surface area contributed by atoms with Crippen LogP contribution in [0.25, 0.3) is 158 Å². The standard InChI is InChI=1S/C69H40N4S/c1-3-18-42(19-4-1)67-70-68(43-20-5-2-6-21-43)72-69(71-67)73-60-30-16-15-24-48(60)58-37-44(33-36-61(58)73)64-51-26-11-13-28-53(51)65(54-29-14-12-27-52(54)64)45-32-34-49-59-39-56-55-35-31-41-17-7-8-22-46(41)66(55)50-25-10-9-23-47(50)57(56)40-63(59)74-62(49)38-45/h1-40H. The summed E-state index contributed by atoms with van der Waals surface area (Å²) in [7, 11) is 0. The summed E-state index contributed by atoms with van der Waals surface area (Å²) < 4.78 is 4.80. The summed E-state index contributed by atoms with van der Waals surface area (Å²) in [6, 6.07) is 88.3. The van der Waals surface area contributed by atoms with Crippen LogP contribution in [0.5, 0.6) is 0 Å². The Kier molecular flexibility index (Phi) is 8.88. The number of para-hydroxylation sites is 1. The maximum atomic E-state index is 5.19. The predicted molar refractivity (Wildman–Crippen MR) is 314 cm³/mol. The van der Waals surface area contributed by atoms with Crippen molar-refractivity contribution in [3.63, 3.8) is 0 Å². The van der Waals surface area contributed by atoms with Crippen LogP contribution in [0.3, 0.4) is 0 Å². The Bertz CT molecular complexity index is 4900. The Morgan fingerprint density at radius 2 is 0.757 bits per heavy atom. The van der Waals surface area contributed by atoms with Crippen LogP contribution < -0.4 is 0 Å². The maximum Gasteiger partial charge on any atom is 0.238 e. The van der Waals surface area contributed by atoms with Crippen LogP contribution in [0.1, 0.15) is 0 Å². The van der Waals surface area contributed by atoms with Crippen molar-refractivity contribution in [2.75, 3.05) is 0 Å². The van der Waals surface area contributed by atoms with E-state index in [4.69, 9.17) is 15.0 Å². The first-order chi connectivity index (χ1) is 36.7. The van der Waals surface area contributed by atoms with E-state index in [1.165, 1.54) is 101 Å². The first-order valence-electron chi connectivity index (χ1n) is 25.2. The summed E-state index contributed by atoms with van der Waals surface area (Å²) in [5, 5.41) is 20.2. The monoisotopic (exact) mass is 956 g/mol. The second-order valence-electron chi connectivity index (χ2n) is 19.4. The number of hydrogen-bond acceptors (Lipinski definition) is 4. The van der Waals surface area contributed by atoms with Gasteiger partial charge in [0.2, 0.25) is 5.95 Å². The molecule has 3 heterocycles. The highest BCUT2D eigenvalue weighted by Crippen LogP contribution is 2.48. The minimum atomic E-state index is 0.580. The Morgan fingerprint density at radius 3 is 1.43 bits per heavy atom. The van der Waals surface area contributed by atoms with E-state index in [-0.39, 0.29) is 0 Å². The lowest BCUT2D eigenvalue weighted by Crippen LogP contribution is -2.06. The van der Waals surface area contributed by atoms with Crippen molar-refractivity contribution >= 4 is 118 Å². The van der Waals surface area contributed by atoms with E-state index in [1.807, 2.05) is 47.7 Å². The van der Waals surface area contributed by atoms with Gasteiger partial charge in [-0.05, 0) is 123 Å². The van der Waals surface area contributed by atoms with Gasteiger partial charge >= 0.3 is 0 Å². The molecule has 0 aliphatic heterocycles. The summed E-state index contributed by atoms with van der Waals surface area (Å²) in [5.41, 5.74) is 8.79. The molecule has 4 nitrogen and oxygen atoms in total. The van der Waals surface area contributed by atoms with E-state index >= 15 is 0 Å². The van der Waals surface area contributed by atoms with Crippen LogP contribution in [-0.2, 0) is 0 Å². The fourth-order valence-electron chi connectivity index (χ4n) is 12.1. The maximum absolute atomic E-state index is 5.19. The van der Waals surface area contributed by atoms with Gasteiger partial charge in [-0.25, -0.2) is 4.98 Å². The Balaban J connectivity index is 0.881. The van der Waals surface area contributed by atoms with E-state index in [0.717, 1.165) is 38.5 Å². The van der Waals surface area contributed by atoms with Crippen molar-refractivity contribution in [1.82, 2.24) is 19.5 Å². The number of hydrogen-bond donors (Lipinski definition) is 0. The third-order valence-electron chi connectivity index (χ3n) is 15.4. The highest BCUT2D eigenvalue weighted by molar-refractivity contribution is 7.26. The molecule has 16 rings (SSSR count). The van der Waals surface area contributed by atoms with Crippen molar-refractivity contribution < 1.29 is 0 Å². The van der Waals surface area contributed by atoms with E-state index in [1.54, 1.807) is 0 Å². The average Bonchev–Trinajstić information content (AvgIpc) is 4.00. The van der Waals surface area contributed by atoms with Gasteiger partial charge in [0.1, 0.15) is 0 Å². The van der Waals surface area contributed by atoms with Crippen LogP contribution in [0.15, 0.2) is 243 Å². The highest BCUT2D eigenvalue weighted by atomic mass is 32.1. The zero-order valence-corrected chi connectivity index (χ0v) is 40.6. The van der Waals surface area contributed by atoms with Gasteiger partial charge in [-0.15, -0.1) is 11.3 Å². The number of benzene rings is 13. The van der Waals surface area contributed by atoms with Crippen molar-refractivity contribution in [1.29, 1.82) is 0 Å². The second-order valence-corrected chi connectivity index (χ2v) is 20.5. The molecule has 3 aromatic heterocycles. The van der Waals surface area contributed by atoms with Crippen LogP contribution in [-0.4, -0.2) is 19.5 Å². The third kappa shape index (κ3) is 6.11. The number of thiophene rings is 1. The molecule has 74 heavy (non-hydrogen) atoms. The SMILES string of the molecule is c1ccc(-c2nc(-c3ccccc3)nc(-n3c4ccccc4c4cc(-c5c6ccccc6c(-c6ccc7c(c6)sc6cc8c9ccccc9c9c%10ccccc%10ccc9c8cc67)c6ccccc56)ccc43)n2)cc1. The molecule has 0 bridgehead atoms. The highest BCUT2D eigenvalue weighted by Gasteiger charge is 2.22. The quantitative estimate of drug-likeness (QED) is 0.128. The van der Waals surface area contributed by atoms with Crippen LogP contribution in [0.2, 0.25) is 0 Å². The minimum absolute atomic E-state index is 0.580. The van der Waals surface area contributed by atoms with Crippen molar-refractivity contribution in [3.8, 4) is 51.0 Å². The summed E-state index contributed by atoms with van der Waals surface area (Å²) in [6.07, 6.45) is 0. The number of aromatic nitrogens is 4. The zero-order chi connectivity index (χ0) is 48.4. The summed E-state index contributed by atoms with van der Waals surface area (Å²) in [5.74, 6) is 1.84. The number of rotatable bonds is 5. The first-order valence-corrected chi connectivity index (χ1v) is 26.0. The molecule has 0 radical (unpaired) electrons. The molecule has 5 heteroatoms. The fraction of sp³-hybridized carbons (Fsp3) is 0. The molecule has 0 saturated carbocycles. The molecular weight excluding hydrogens is 917 g/mol. The molecular formula is C69H40N4S. The Hall–Kier alpha value is -9.55. The van der Waals surface area contributed by atoms with E-state index < -0.39 is 0 Å². The second kappa shape index (κ2) is 16.0. The average molecular weight is 957 g/mol. The van der Waals surface area contributed by atoms with E-state index in [0.29, 0.717) is 17.6 Å². The minimum Gasteiger partial charge on any atom is -0.278 e. The van der Waals surface area contributed by atoms with Gasteiger partial charge in [-0.3, -0.25) is 4.57 Å². The predicted octanol–water partition coefficient (Wildman–Crippen LogP) is 18.9. The van der Waals surface area contributed by atoms with Crippen molar-refractivity contribution in [2.24, 2.45) is 0 Å². The number of nitrogens with zero attached hydrogens (tertiary/aromatic N) is 4. The molecule has 0 amide bonds. The molecule has 0 spiro atoms. The summed E-state index contributed by atoms with van der Waals surface area (Å²) in [4.78, 5) is 15.4. The van der Waals surface area contributed by atoms with Crippen molar-refractivity contribution in [3.05, 3.63) is 243 Å². The van der Waals surface area contributed by atoms with Gasteiger partial charge in [0.25, 0.3) is 0 Å². The lowest BCUT2D eigenvalue weighted by Gasteiger charge is -2.18. The number of fused-ring (bicyclic) bond motifs is 16. The summed E-state index contributed by atoms with van der Waals surface area (Å²) in [6.45, 7) is 0. The lowest BCUT2D eigenvalue weighted by molar-refractivity contribution is 0.953. The molecule has 16 aromatic rings. The van der Waals surface area contributed by atoms with Crippen LogP contribution >= 0.6 is 11.3 Å². The Morgan fingerprint density at radius 1 is 0.270 bits per heavy atom. The lowest BCUT2D eigenvalue weighted by atomic mass is 9.85. The Labute approximate surface area is 428 Å².